The summed E-state index contributed by atoms with van der Waals surface area (Å²) in [5.74, 6) is -0.428. The summed E-state index contributed by atoms with van der Waals surface area (Å²) < 4.78 is 38.1. The third-order valence-electron chi connectivity index (χ3n) is 5.03. The molecule has 7 heteroatoms. The number of carbonyl (C=O) groups is 1. The maximum atomic E-state index is 12.7. The fourth-order valence-corrected chi connectivity index (χ4v) is 3.64. The zero-order valence-electron chi connectivity index (χ0n) is 14.7. The maximum Gasteiger partial charge on any atom is 0.431 e. The Morgan fingerprint density at radius 1 is 1.04 bits per heavy atom. The van der Waals surface area contributed by atoms with Gasteiger partial charge in [0, 0.05) is 0 Å². The zero-order chi connectivity index (χ0) is 19.4. The van der Waals surface area contributed by atoms with Gasteiger partial charge >= 0.3 is 6.18 Å². The number of rotatable bonds is 4. The number of hydrogen-bond donors (Lipinski definition) is 2. The van der Waals surface area contributed by atoms with E-state index in [2.05, 4.69) is 5.32 Å². The van der Waals surface area contributed by atoms with E-state index >= 15 is 0 Å². The second-order valence-electron chi connectivity index (χ2n) is 6.87. The molecule has 2 aromatic rings. The molecule has 1 heterocycles. The summed E-state index contributed by atoms with van der Waals surface area (Å²) in [5.41, 5.74) is -1.60. The number of alkyl halides is 3. The Bertz CT molecular complexity index is 840. The van der Waals surface area contributed by atoms with Crippen molar-refractivity contribution < 1.29 is 18.0 Å². The third-order valence-corrected chi connectivity index (χ3v) is 5.03. The van der Waals surface area contributed by atoms with Crippen molar-refractivity contribution in [1.82, 2.24) is 10.3 Å². The molecule has 1 saturated carbocycles. The highest BCUT2D eigenvalue weighted by Crippen LogP contribution is 2.34. The van der Waals surface area contributed by atoms with Crippen molar-refractivity contribution >= 4 is 5.91 Å². The van der Waals surface area contributed by atoms with Gasteiger partial charge in [0.1, 0.15) is 11.3 Å². The Morgan fingerprint density at radius 3 is 2.30 bits per heavy atom. The monoisotopic (exact) mass is 378 g/mol. The average Bonchev–Trinajstić information content (AvgIpc) is 2.66. The number of aromatic nitrogens is 1. The van der Waals surface area contributed by atoms with Crippen molar-refractivity contribution in [2.45, 2.75) is 44.3 Å². The van der Waals surface area contributed by atoms with E-state index in [1.54, 1.807) is 4.98 Å². The van der Waals surface area contributed by atoms with Crippen LogP contribution in [0.25, 0.3) is 0 Å². The lowest BCUT2D eigenvalue weighted by Gasteiger charge is -2.31. The Balaban J connectivity index is 1.85. The highest BCUT2D eigenvalue weighted by atomic mass is 19.4. The standard InChI is InChI=1S/C20H21F3N2O2/c21-20(22,23)16-12-11-15(18(26)24-16)19(27)25-17(13-7-3-1-4-8-13)14-9-5-2-6-10-14/h1,3-4,7-8,11-12,14,17H,2,5-6,9-10H2,(H,24,26)(H,25,27). The lowest BCUT2D eigenvalue weighted by atomic mass is 9.81. The van der Waals surface area contributed by atoms with Gasteiger partial charge in [0.15, 0.2) is 0 Å². The van der Waals surface area contributed by atoms with Crippen LogP contribution in [0.1, 0.15) is 59.8 Å². The molecule has 0 saturated heterocycles. The molecule has 1 aliphatic carbocycles. The minimum absolute atomic E-state index is 0.235. The molecular formula is C20H21F3N2O2. The van der Waals surface area contributed by atoms with E-state index in [1.165, 1.54) is 0 Å². The molecule has 27 heavy (non-hydrogen) atoms. The smallest absolute Gasteiger partial charge is 0.345 e. The molecule has 1 atom stereocenters. The quantitative estimate of drug-likeness (QED) is 0.826. The fraction of sp³-hybridized carbons (Fsp3) is 0.400. The Kier molecular flexibility index (Phi) is 5.68. The lowest BCUT2D eigenvalue weighted by molar-refractivity contribution is -0.141. The molecule has 4 nitrogen and oxygen atoms in total. The second kappa shape index (κ2) is 7.98. The van der Waals surface area contributed by atoms with Crippen LogP contribution >= 0.6 is 0 Å². The van der Waals surface area contributed by atoms with E-state index in [0.717, 1.165) is 43.7 Å². The molecule has 1 aromatic heterocycles. The van der Waals surface area contributed by atoms with Gasteiger partial charge in [-0.15, -0.1) is 0 Å². The number of carbonyl (C=O) groups excluding carboxylic acids is 1. The first-order chi connectivity index (χ1) is 12.9. The summed E-state index contributed by atoms with van der Waals surface area (Å²) in [6.45, 7) is 0. The number of aromatic amines is 1. The van der Waals surface area contributed by atoms with E-state index in [0.29, 0.717) is 6.07 Å². The van der Waals surface area contributed by atoms with Crippen LogP contribution in [0.5, 0.6) is 0 Å². The summed E-state index contributed by atoms with van der Waals surface area (Å²) in [6, 6.07) is 10.8. The normalized spacial score (nSPS) is 16.7. The highest BCUT2D eigenvalue weighted by Gasteiger charge is 2.33. The van der Waals surface area contributed by atoms with Crippen molar-refractivity contribution in [3.8, 4) is 0 Å². The SMILES string of the molecule is O=C(NC(c1ccccc1)C1CCCCC1)c1ccc(C(F)(F)F)[nH]c1=O. The Labute approximate surface area is 154 Å². The van der Waals surface area contributed by atoms with E-state index in [-0.39, 0.29) is 17.5 Å². The van der Waals surface area contributed by atoms with Gasteiger partial charge in [-0.2, -0.15) is 13.2 Å². The molecule has 0 bridgehead atoms. The molecule has 1 fully saturated rings. The van der Waals surface area contributed by atoms with Crippen molar-refractivity contribution in [2.24, 2.45) is 5.92 Å². The highest BCUT2D eigenvalue weighted by molar-refractivity contribution is 5.94. The van der Waals surface area contributed by atoms with Crippen LogP contribution in [0.15, 0.2) is 47.3 Å². The van der Waals surface area contributed by atoms with Crippen LogP contribution in [-0.4, -0.2) is 10.9 Å². The number of benzene rings is 1. The van der Waals surface area contributed by atoms with Gasteiger partial charge in [0.05, 0.1) is 6.04 Å². The van der Waals surface area contributed by atoms with Crippen LogP contribution in [0.2, 0.25) is 0 Å². The number of H-pyrrole nitrogens is 1. The predicted octanol–water partition coefficient (Wildman–Crippen LogP) is 4.45. The van der Waals surface area contributed by atoms with E-state index in [4.69, 9.17) is 0 Å². The predicted molar refractivity (Wildman–Crippen MR) is 95.3 cm³/mol. The molecule has 0 aliphatic heterocycles. The van der Waals surface area contributed by atoms with Gasteiger partial charge in [-0.05, 0) is 36.5 Å². The van der Waals surface area contributed by atoms with E-state index in [1.807, 2.05) is 30.3 Å². The van der Waals surface area contributed by atoms with Crippen molar-refractivity contribution in [1.29, 1.82) is 0 Å². The molecule has 2 N–H and O–H groups in total. The largest absolute Gasteiger partial charge is 0.431 e. The van der Waals surface area contributed by atoms with Crippen LogP contribution in [0, 0.1) is 5.92 Å². The number of hydrogen-bond acceptors (Lipinski definition) is 2. The topological polar surface area (TPSA) is 62.0 Å². The molecule has 1 amide bonds. The van der Waals surface area contributed by atoms with E-state index < -0.39 is 23.3 Å². The fourth-order valence-electron chi connectivity index (χ4n) is 3.64. The summed E-state index contributed by atoms with van der Waals surface area (Å²) in [4.78, 5) is 26.4. The third kappa shape index (κ3) is 4.59. The van der Waals surface area contributed by atoms with Crippen LogP contribution in [0.3, 0.4) is 0 Å². The van der Waals surface area contributed by atoms with Gasteiger partial charge < -0.3 is 10.3 Å². The molecular weight excluding hydrogens is 357 g/mol. The average molecular weight is 378 g/mol. The van der Waals surface area contributed by atoms with Gasteiger partial charge in [-0.25, -0.2) is 0 Å². The molecule has 1 aromatic carbocycles. The Hall–Kier alpha value is -2.57. The molecule has 144 valence electrons. The summed E-state index contributed by atoms with van der Waals surface area (Å²) in [5, 5.41) is 2.88. The first-order valence-corrected chi connectivity index (χ1v) is 9.02. The Morgan fingerprint density at radius 2 is 1.70 bits per heavy atom. The zero-order valence-corrected chi connectivity index (χ0v) is 14.7. The maximum absolute atomic E-state index is 12.7. The first kappa shape index (κ1) is 19.2. The molecule has 0 radical (unpaired) electrons. The van der Waals surface area contributed by atoms with Crippen LogP contribution < -0.4 is 10.9 Å². The van der Waals surface area contributed by atoms with E-state index in [9.17, 15) is 22.8 Å². The van der Waals surface area contributed by atoms with Crippen molar-refractivity contribution in [3.63, 3.8) is 0 Å². The van der Waals surface area contributed by atoms with Gasteiger partial charge in [-0.3, -0.25) is 9.59 Å². The van der Waals surface area contributed by atoms with Crippen LogP contribution in [-0.2, 0) is 6.18 Å². The number of amides is 1. The molecule has 1 aliphatic rings. The number of pyridine rings is 1. The van der Waals surface area contributed by atoms with Gasteiger partial charge in [0.25, 0.3) is 11.5 Å². The van der Waals surface area contributed by atoms with Gasteiger partial charge in [0.2, 0.25) is 0 Å². The minimum atomic E-state index is -4.66. The van der Waals surface area contributed by atoms with Crippen molar-refractivity contribution in [2.75, 3.05) is 0 Å². The summed E-state index contributed by atoms with van der Waals surface area (Å²) in [6.07, 6.45) is 0.565. The lowest BCUT2D eigenvalue weighted by Crippen LogP contribution is -2.37. The first-order valence-electron chi connectivity index (χ1n) is 9.02. The van der Waals surface area contributed by atoms with Crippen molar-refractivity contribution in [3.05, 3.63) is 69.6 Å². The molecule has 0 spiro atoms. The molecule has 1 unspecified atom stereocenters. The van der Waals surface area contributed by atoms with Gasteiger partial charge in [-0.1, -0.05) is 49.6 Å². The molecule has 3 rings (SSSR count). The van der Waals surface area contributed by atoms with Crippen LogP contribution in [0.4, 0.5) is 13.2 Å². The number of halogens is 3. The number of nitrogens with one attached hydrogen (secondary N) is 2. The summed E-state index contributed by atoms with van der Waals surface area (Å²) >= 11 is 0. The minimum Gasteiger partial charge on any atom is -0.345 e. The second-order valence-corrected chi connectivity index (χ2v) is 6.87. The summed E-state index contributed by atoms with van der Waals surface area (Å²) in [7, 11) is 0.